The van der Waals surface area contributed by atoms with E-state index in [-0.39, 0.29) is 0 Å². The number of guanidine groups is 1. The monoisotopic (exact) mass is 293 g/mol. The van der Waals surface area contributed by atoms with Crippen molar-refractivity contribution in [2.75, 3.05) is 33.9 Å². The molecule has 0 saturated heterocycles. The van der Waals surface area contributed by atoms with Gasteiger partial charge in [-0.1, -0.05) is 13.0 Å². The van der Waals surface area contributed by atoms with Gasteiger partial charge in [-0.2, -0.15) is 0 Å². The zero-order valence-electron chi connectivity index (χ0n) is 13.5. The highest BCUT2D eigenvalue weighted by atomic mass is 16.5. The van der Waals surface area contributed by atoms with Crippen LogP contribution in [-0.2, 0) is 6.42 Å². The SMILES string of the molecule is CCCN=C(NCC)NCCc1ccc(OC)c(OC)c1. The first-order valence-electron chi connectivity index (χ1n) is 7.48. The Morgan fingerprint density at radius 1 is 1.10 bits per heavy atom. The normalized spacial score (nSPS) is 11.1. The number of rotatable bonds is 8. The quantitative estimate of drug-likeness (QED) is 0.570. The van der Waals surface area contributed by atoms with E-state index in [1.54, 1.807) is 14.2 Å². The largest absolute Gasteiger partial charge is 0.493 e. The number of nitrogens with zero attached hydrogens (tertiary/aromatic N) is 1. The number of aliphatic imine (C=N–C) groups is 1. The third-order valence-electron chi connectivity index (χ3n) is 2.99. The van der Waals surface area contributed by atoms with Gasteiger partial charge in [-0.05, 0) is 37.5 Å². The van der Waals surface area contributed by atoms with Crippen LogP contribution in [0.4, 0.5) is 0 Å². The van der Waals surface area contributed by atoms with Crippen molar-refractivity contribution < 1.29 is 9.47 Å². The maximum Gasteiger partial charge on any atom is 0.191 e. The van der Waals surface area contributed by atoms with E-state index >= 15 is 0 Å². The molecule has 5 nitrogen and oxygen atoms in total. The zero-order chi connectivity index (χ0) is 15.5. The highest BCUT2D eigenvalue weighted by molar-refractivity contribution is 5.79. The van der Waals surface area contributed by atoms with Crippen LogP contribution in [0.25, 0.3) is 0 Å². The molecule has 1 aromatic rings. The van der Waals surface area contributed by atoms with E-state index in [2.05, 4.69) is 35.5 Å². The lowest BCUT2D eigenvalue weighted by molar-refractivity contribution is 0.354. The highest BCUT2D eigenvalue weighted by Crippen LogP contribution is 2.27. The van der Waals surface area contributed by atoms with E-state index in [9.17, 15) is 0 Å². The van der Waals surface area contributed by atoms with Crippen LogP contribution in [0.5, 0.6) is 11.5 Å². The molecule has 0 aromatic heterocycles. The molecule has 0 radical (unpaired) electrons. The number of hydrogen-bond acceptors (Lipinski definition) is 3. The van der Waals surface area contributed by atoms with Crippen LogP contribution in [0.3, 0.4) is 0 Å². The molecule has 0 bridgehead atoms. The first-order chi connectivity index (χ1) is 10.2. The van der Waals surface area contributed by atoms with Gasteiger partial charge in [0.1, 0.15) is 0 Å². The molecule has 1 aromatic carbocycles. The second-order valence-corrected chi connectivity index (χ2v) is 4.63. The van der Waals surface area contributed by atoms with E-state index in [1.807, 2.05) is 12.1 Å². The molecule has 0 aliphatic heterocycles. The number of benzene rings is 1. The van der Waals surface area contributed by atoms with Gasteiger partial charge in [0.25, 0.3) is 0 Å². The summed E-state index contributed by atoms with van der Waals surface area (Å²) in [5.41, 5.74) is 1.20. The van der Waals surface area contributed by atoms with Crippen LogP contribution in [0, 0.1) is 0 Å². The Bertz CT molecular complexity index is 447. The van der Waals surface area contributed by atoms with Crippen molar-refractivity contribution in [1.82, 2.24) is 10.6 Å². The van der Waals surface area contributed by atoms with Gasteiger partial charge >= 0.3 is 0 Å². The van der Waals surface area contributed by atoms with E-state index in [0.29, 0.717) is 0 Å². The minimum absolute atomic E-state index is 0.757. The Hall–Kier alpha value is -1.91. The van der Waals surface area contributed by atoms with Crippen LogP contribution in [0.15, 0.2) is 23.2 Å². The van der Waals surface area contributed by atoms with E-state index < -0.39 is 0 Å². The molecule has 0 heterocycles. The van der Waals surface area contributed by atoms with Gasteiger partial charge in [0.05, 0.1) is 14.2 Å². The smallest absolute Gasteiger partial charge is 0.191 e. The molecule has 0 fully saturated rings. The summed E-state index contributed by atoms with van der Waals surface area (Å²) in [6, 6.07) is 6.00. The Morgan fingerprint density at radius 2 is 1.86 bits per heavy atom. The van der Waals surface area contributed by atoms with Crippen LogP contribution in [0.1, 0.15) is 25.8 Å². The zero-order valence-corrected chi connectivity index (χ0v) is 13.5. The minimum atomic E-state index is 0.757. The predicted molar refractivity (Wildman–Crippen MR) is 87.5 cm³/mol. The van der Waals surface area contributed by atoms with Crippen molar-refractivity contribution in [3.05, 3.63) is 23.8 Å². The molecule has 0 aliphatic carbocycles. The molecule has 0 amide bonds. The second-order valence-electron chi connectivity index (χ2n) is 4.63. The molecule has 21 heavy (non-hydrogen) atoms. The van der Waals surface area contributed by atoms with Crippen molar-refractivity contribution in [2.45, 2.75) is 26.7 Å². The Morgan fingerprint density at radius 3 is 2.48 bits per heavy atom. The average Bonchev–Trinajstić information content (AvgIpc) is 2.52. The molecule has 1 rings (SSSR count). The molecular weight excluding hydrogens is 266 g/mol. The molecule has 0 unspecified atom stereocenters. The Labute approximate surface area is 127 Å². The standard InChI is InChI=1S/C16H27N3O2/c1-5-10-18-16(17-6-2)19-11-9-13-7-8-14(20-3)15(12-13)21-4/h7-8,12H,5-6,9-11H2,1-4H3,(H2,17,18,19). The van der Waals surface area contributed by atoms with Gasteiger partial charge in [0.15, 0.2) is 17.5 Å². The van der Waals surface area contributed by atoms with Crippen molar-refractivity contribution >= 4 is 5.96 Å². The number of methoxy groups -OCH3 is 2. The number of ether oxygens (including phenoxy) is 2. The van der Waals surface area contributed by atoms with Crippen LogP contribution in [0.2, 0.25) is 0 Å². The summed E-state index contributed by atoms with van der Waals surface area (Å²) >= 11 is 0. The summed E-state index contributed by atoms with van der Waals surface area (Å²) in [6.07, 6.45) is 1.95. The van der Waals surface area contributed by atoms with Crippen molar-refractivity contribution in [3.8, 4) is 11.5 Å². The summed E-state index contributed by atoms with van der Waals surface area (Å²) in [5.74, 6) is 2.40. The van der Waals surface area contributed by atoms with Gasteiger partial charge in [0, 0.05) is 19.6 Å². The van der Waals surface area contributed by atoms with Crippen molar-refractivity contribution in [1.29, 1.82) is 0 Å². The van der Waals surface area contributed by atoms with E-state index in [1.165, 1.54) is 5.56 Å². The van der Waals surface area contributed by atoms with Crippen LogP contribution < -0.4 is 20.1 Å². The Kier molecular flexibility index (Phi) is 8.09. The summed E-state index contributed by atoms with van der Waals surface area (Å²) < 4.78 is 10.6. The maximum absolute atomic E-state index is 5.31. The lowest BCUT2D eigenvalue weighted by Crippen LogP contribution is -2.38. The molecular formula is C16H27N3O2. The van der Waals surface area contributed by atoms with Gasteiger partial charge in [-0.3, -0.25) is 4.99 Å². The summed E-state index contributed by atoms with van der Waals surface area (Å²) in [6.45, 7) is 6.72. The third kappa shape index (κ3) is 5.94. The molecule has 0 saturated carbocycles. The van der Waals surface area contributed by atoms with Crippen molar-refractivity contribution in [2.24, 2.45) is 4.99 Å². The first kappa shape index (κ1) is 17.1. The predicted octanol–water partition coefficient (Wildman–Crippen LogP) is 2.21. The fraction of sp³-hybridized carbons (Fsp3) is 0.562. The molecule has 0 atom stereocenters. The highest BCUT2D eigenvalue weighted by Gasteiger charge is 2.04. The van der Waals surface area contributed by atoms with Crippen LogP contribution >= 0.6 is 0 Å². The van der Waals surface area contributed by atoms with Gasteiger partial charge < -0.3 is 20.1 Å². The number of hydrogen-bond donors (Lipinski definition) is 2. The van der Waals surface area contributed by atoms with E-state index in [4.69, 9.17) is 9.47 Å². The Balaban J connectivity index is 2.54. The maximum atomic E-state index is 5.31. The molecule has 0 aliphatic rings. The number of nitrogens with one attached hydrogen (secondary N) is 2. The lowest BCUT2D eigenvalue weighted by atomic mass is 10.1. The molecule has 118 valence electrons. The topological polar surface area (TPSA) is 54.9 Å². The lowest BCUT2D eigenvalue weighted by Gasteiger charge is -2.12. The van der Waals surface area contributed by atoms with Gasteiger partial charge in [-0.15, -0.1) is 0 Å². The molecule has 5 heteroatoms. The van der Waals surface area contributed by atoms with Gasteiger partial charge in [0.2, 0.25) is 0 Å². The van der Waals surface area contributed by atoms with Gasteiger partial charge in [-0.25, -0.2) is 0 Å². The fourth-order valence-corrected chi connectivity index (χ4v) is 1.93. The first-order valence-corrected chi connectivity index (χ1v) is 7.48. The third-order valence-corrected chi connectivity index (χ3v) is 2.99. The van der Waals surface area contributed by atoms with E-state index in [0.717, 1.165) is 49.9 Å². The minimum Gasteiger partial charge on any atom is -0.493 e. The molecule has 0 spiro atoms. The summed E-state index contributed by atoms with van der Waals surface area (Å²) in [5, 5.41) is 6.58. The fourth-order valence-electron chi connectivity index (χ4n) is 1.93. The summed E-state index contributed by atoms with van der Waals surface area (Å²) in [7, 11) is 3.30. The second kappa shape index (κ2) is 9.91. The average molecular weight is 293 g/mol. The summed E-state index contributed by atoms with van der Waals surface area (Å²) in [4.78, 5) is 4.47. The van der Waals surface area contributed by atoms with Crippen molar-refractivity contribution in [3.63, 3.8) is 0 Å². The molecule has 2 N–H and O–H groups in total. The van der Waals surface area contributed by atoms with Crippen LogP contribution in [-0.4, -0.2) is 39.8 Å².